The quantitative estimate of drug-likeness (QED) is 0.635. The van der Waals surface area contributed by atoms with Gasteiger partial charge in [-0.05, 0) is 38.5 Å². The summed E-state index contributed by atoms with van der Waals surface area (Å²) in [5.74, 6) is -3.39. The predicted octanol–water partition coefficient (Wildman–Crippen LogP) is 2.32. The van der Waals surface area contributed by atoms with Gasteiger partial charge in [-0.25, -0.2) is 4.79 Å². The summed E-state index contributed by atoms with van der Waals surface area (Å²) in [5, 5.41) is 14.0. The summed E-state index contributed by atoms with van der Waals surface area (Å²) in [6, 6.07) is 3.75. The molecule has 3 unspecified atom stereocenters. The highest BCUT2D eigenvalue weighted by molar-refractivity contribution is 5.83. The van der Waals surface area contributed by atoms with Crippen molar-refractivity contribution < 1.29 is 32.6 Å². The number of rotatable bonds is 6. The van der Waals surface area contributed by atoms with Crippen LogP contribution in [0.3, 0.4) is 0 Å². The van der Waals surface area contributed by atoms with Gasteiger partial charge in [0.05, 0.1) is 12.6 Å². The first-order valence-corrected chi connectivity index (χ1v) is 8.98. The van der Waals surface area contributed by atoms with E-state index in [2.05, 4.69) is 5.32 Å². The topological polar surface area (TPSA) is 90.9 Å². The maximum absolute atomic E-state index is 13.6. The molecule has 0 radical (unpaired) electrons. The number of halogens is 3. The summed E-state index contributed by atoms with van der Waals surface area (Å²) in [7, 11) is 0. The molecule has 0 bridgehead atoms. The largest absolute Gasteiger partial charge is 0.466 e. The van der Waals surface area contributed by atoms with Crippen molar-refractivity contribution in [1.29, 1.82) is 0 Å². The number of nitrogens with one attached hydrogen (secondary N) is 2. The van der Waals surface area contributed by atoms with Gasteiger partial charge in [-0.3, -0.25) is 4.79 Å². The van der Waals surface area contributed by atoms with E-state index < -0.39 is 35.9 Å². The zero-order chi connectivity index (χ0) is 21.1. The lowest BCUT2D eigenvalue weighted by atomic mass is 9.82. The molecule has 3 atom stereocenters. The second-order valence-electron chi connectivity index (χ2n) is 6.33. The first-order valence-electron chi connectivity index (χ1n) is 8.98. The summed E-state index contributed by atoms with van der Waals surface area (Å²) in [4.78, 5) is 26.2. The average Bonchev–Trinajstić information content (AvgIpc) is 2.62. The highest BCUT2D eigenvalue weighted by Crippen LogP contribution is 2.43. The van der Waals surface area contributed by atoms with Crippen LogP contribution in [-0.2, 0) is 9.53 Å². The molecule has 0 aromatic heterocycles. The summed E-state index contributed by atoms with van der Waals surface area (Å²) >= 11 is 0. The van der Waals surface area contributed by atoms with Gasteiger partial charge < -0.3 is 25.4 Å². The zero-order valence-corrected chi connectivity index (χ0v) is 15.8. The molecule has 3 N–H and O–H groups in total. The van der Waals surface area contributed by atoms with Crippen LogP contribution in [-0.4, -0.2) is 48.7 Å². The van der Waals surface area contributed by atoms with Crippen molar-refractivity contribution in [2.75, 3.05) is 24.6 Å². The Bertz CT molecular complexity index is 707. The van der Waals surface area contributed by atoms with E-state index in [-0.39, 0.29) is 12.2 Å². The van der Waals surface area contributed by atoms with E-state index in [1.807, 2.05) is 18.7 Å². The van der Waals surface area contributed by atoms with Crippen molar-refractivity contribution in [3.05, 3.63) is 29.8 Å². The van der Waals surface area contributed by atoms with Crippen molar-refractivity contribution in [3.63, 3.8) is 0 Å². The fourth-order valence-electron chi connectivity index (χ4n) is 3.30. The standard InChI is InChI=1S/C18H24F3N3O4/c1-4-24(5-2)12-9-7-11(8-10-12)14-13(15(25)28-6-3)17(27,18(19,20)21)23-16(26)22-14/h7-10,13-14,27H,4-6H2,1-3H3,(H2,22,23,26). The van der Waals surface area contributed by atoms with Crippen LogP contribution in [0, 0.1) is 5.92 Å². The number of benzene rings is 1. The third-order valence-corrected chi connectivity index (χ3v) is 4.73. The van der Waals surface area contributed by atoms with Crippen molar-refractivity contribution in [2.45, 2.75) is 38.7 Å². The molecule has 1 aliphatic rings. The van der Waals surface area contributed by atoms with Crippen LogP contribution < -0.4 is 15.5 Å². The molecule has 1 aromatic carbocycles. The number of esters is 1. The van der Waals surface area contributed by atoms with Crippen LogP contribution >= 0.6 is 0 Å². The Labute approximate surface area is 160 Å². The van der Waals surface area contributed by atoms with Crippen LogP contribution in [0.2, 0.25) is 0 Å². The first kappa shape index (κ1) is 21.8. The number of carbonyl (C=O) groups is 2. The van der Waals surface area contributed by atoms with Gasteiger partial charge in [0, 0.05) is 18.8 Å². The number of hydrogen-bond acceptors (Lipinski definition) is 5. The van der Waals surface area contributed by atoms with E-state index in [4.69, 9.17) is 4.74 Å². The lowest BCUT2D eigenvalue weighted by Crippen LogP contribution is -2.73. The van der Waals surface area contributed by atoms with E-state index in [0.29, 0.717) is 0 Å². The molecule has 1 fully saturated rings. The SMILES string of the molecule is CCOC(=O)C1C(c2ccc(N(CC)CC)cc2)NC(=O)NC1(O)C(F)(F)F. The minimum absolute atomic E-state index is 0.176. The number of urea groups is 1. The minimum Gasteiger partial charge on any atom is -0.466 e. The Morgan fingerprint density at radius 1 is 1.21 bits per heavy atom. The van der Waals surface area contributed by atoms with Gasteiger partial charge in [-0.2, -0.15) is 13.2 Å². The molecule has 10 heteroatoms. The molecule has 0 saturated carbocycles. The van der Waals surface area contributed by atoms with E-state index in [0.717, 1.165) is 18.8 Å². The molecule has 7 nitrogen and oxygen atoms in total. The van der Waals surface area contributed by atoms with Gasteiger partial charge in [-0.1, -0.05) is 12.1 Å². The van der Waals surface area contributed by atoms with Crippen molar-refractivity contribution in [2.24, 2.45) is 5.92 Å². The number of anilines is 1. The minimum atomic E-state index is -5.29. The number of aliphatic hydroxyl groups is 1. The first-order chi connectivity index (χ1) is 13.1. The third kappa shape index (κ3) is 4.01. The fraction of sp³-hybridized carbons (Fsp3) is 0.556. The molecule has 1 saturated heterocycles. The molecule has 156 valence electrons. The number of hydrogen-bond donors (Lipinski definition) is 3. The lowest BCUT2D eigenvalue weighted by molar-refractivity contribution is -0.294. The summed E-state index contributed by atoms with van der Waals surface area (Å²) in [6.45, 7) is 6.66. The van der Waals surface area contributed by atoms with Gasteiger partial charge in [0.15, 0.2) is 0 Å². The Morgan fingerprint density at radius 3 is 2.25 bits per heavy atom. The molecular formula is C18H24F3N3O4. The monoisotopic (exact) mass is 403 g/mol. The molecule has 2 rings (SSSR count). The number of nitrogens with zero attached hydrogens (tertiary/aromatic N) is 1. The van der Waals surface area contributed by atoms with Crippen LogP contribution in [0.4, 0.5) is 23.7 Å². The summed E-state index contributed by atoms with van der Waals surface area (Å²) < 4.78 is 45.5. The molecule has 0 spiro atoms. The van der Waals surface area contributed by atoms with Crippen molar-refractivity contribution in [1.82, 2.24) is 10.6 Å². The van der Waals surface area contributed by atoms with Crippen LogP contribution in [0.5, 0.6) is 0 Å². The summed E-state index contributed by atoms with van der Waals surface area (Å²) in [5.41, 5.74) is -2.68. The Kier molecular flexibility index (Phi) is 6.43. The Morgan fingerprint density at radius 2 is 1.79 bits per heavy atom. The van der Waals surface area contributed by atoms with Gasteiger partial charge in [0.2, 0.25) is 0 Å². The van der Waals surface area contributed by atoms with E-state index in [1.54, 1.807) is 12.1 Å². The molecule has 2 amide bonds. The highest BCUT2D eigenvalue weighted by Gasteiger charge is 2.67. The molecule has 1 aliphatic heterocycles. The summed E-state index contributed by atoms with van der Waals surface area (Å²) in [6.07, 6.45) is -5.29. The highest BCUT2D eigenvalue weighted by atomic mass is 19.4. The van der Waals surface area contributed by atoms with Gasteiger partial charge in [-0.15, -0.1) is 0 Å². The predicted molar refractivity (Wildman–Crippen MR) is 95.5 cm³/mol. The molecular weight excluding hydrogens is 379 g/mol. The van der Waals surface area contributed by atoms with Gasteiger partial charge in [0.1, 0.15) is 5.92 Å². The molecule has 1 aromatic rings. The second kappa shape index (κ2) is 8.26. The van der Waals surface area contributed by atoms with Gasteiger partial charge >= 0.3 is 18.2 Å². The Balaban J connectivity index is 2.49. The maximum Gasteiger partial charge on any atom is 0.437 e. The van der Waals surface area contributed by atoms with E-state index in [1.165, 1.54) is 24.4 Å². The van der Waals surface area contributed by atoms with Crippen molar-refractivity contribution in [3.8, 4) is 0 Å². The van der Waals surface area contributed by atoms with Crippen LogP contribution in [0.25, 0.3) is 0 Å². The van der Waals surface area contributed by atoms with Crippen LogP contribution in [0.1, 0.15) is 32.4 Å². The number of amides is 2. The molecule has 28 heavy (non-hydrogen) atoms. The number of ether oxygens (including phenoxy) is 1. The van der Waals surface area contributed by atoms with Crippen LogP contribution in [0.15, 0.2) is 24.3 Å². The number of alkyl halides is 3. The lowest BCUT2D eigenvalue weighted by Gasteiger charge is -2.44. The Hall–Kier alpha value is -2.49. The maximum atomic E-state index is 13.6. The van der Waals surface area contributed by atoms with E-state index in [9.17, 15) is 27.9 Å². The number of carbonyl (C=O) groups excluding carboxylic acids is 2. The average molecular weight is 403 g/mol. The zero-order valence-electron chi connectivity index (χ0n) is 15.8. The molecule has 1 heterocycles. The fourth-order valence-corrected chi connectivity index (χ4v) is 3.30. The second-order valence-corrected chi connectivity index (χ2v) is 6.33. The van der Waals surface area contributed by atoms with Gasteiger partial charge in [0.25, 0.3) is 5.72 Å². The third-order valence-electron chi connectivity index (χ3n) is 4.73. The molecule has 0 aliphatic carbocycles. The van der Waals surface area contributed by atoms with E-state index >= 15 is 0 Å². The smallest absolute Gasteiger partial charge is 0.437 e. The normalized spacial score (nSPS) is 24.9. The van der Waals surface area contributed by atoms with Crippen molar-refractivity contribution >= 4 is 17.7 Å².